The second kappa shape index (κ2) is 5.57. The number of ether oxygens (including phenoxy) is 1. The van der Waals surface area contributed by atoms with Crippen LogP contribution in [0.5, 0.6) is 5.75 Å². The molecule has 0 aliphatic rings. The highest BCUT2D eigenvalue weighted by Gasteiger charge is 2.32. The number of alkyl halides is 2. The Morgan fingerprint density at radius 2 is 1.79 bits per heavy atom. The summed E-state index contributed by atoms with van der Waals surface area (Å²) < 4.78 is 33.6. The Morgan fingerprint density at radius 3 is 2.42 bits per heavy atom. The third-order valence-corrected chi connectivity index (χ3v) is 2.97. The minimum Gasteiger partial charge on any atom is -0.487 e. The van der Waals surface area contributed by atoms with Crippen LogP contribution in [0.25, 0.3) is 0 Å². The van der Waals surface area contributed by atoms with Gasteiger partial charge < -0.3 is 10.5 Å². The summed E-state index contributed by atoms with van der Waals surface area (Å²) in [4.78, 5) is 0. The normalized spacial score (nSPS) is 11.3. The van der Waals surface area contributed by atoms with Crippen LogP contribution in [0.2, 0.25) is 0 Å². The van der Waals surface area contributed by atoms with Crippen molar-refractivity contribution < 1.29 is 13.5 Å². The molecule has 0 bridgehead atoms. The number of anilines is 1. The highest BCUT2D eigenvalue weighted by atomic mass is 79.9. The molecular formula is C14H12BrF2NO. The van der Waals surface area contributed by atoms with E-state index in [1.54, 1.807) is 30.3 Å². The Kier molecular flexibility index (Phi) is 4.04. The van der Waals surface area contributed by atoms with Crippen molar-refractivity contribution in [1.82, 2.24) is 0 Å². The smallest absolute Gasteiger partial charge is 0.306 e. The van der Waals surface area contributed by atoms with Gasteiger partial charge in [0, 0.05) is 21.8 Å². The molecule has 5 heteroatoms. The van der Waals surface area contributed by atoms with Crippen molar-refractivity contribution in [3.63, 3.8) is 0 Å². The standard InChI is InChI=1S/C14H12BrF2NO/c15-11-6-12(18)8-13(7-11)19-9-14(16,17)10-4-2-1-3-5-10/h1-8H,9,18H2. The van der Waals surface area contributed by atoms with Gasteiger partial charge in [0.2, 0.25) is 0 Å². The van der Waals surface area contributed by atoms with Crippen molar-refractivity contribution in [1.29, 1.82) is 0 Å². The van der Waals surface area contributed by atoms with Crippen LogP contribution in [0.4, 0.5) is 14.5 Å². The minimum atomic E-state index is -3.04. The lowest BCUT2D eigenvalue weighted by Crippen LogP contribution is -2.23. The molecule has 2 aromatic rings. The van der Waals surface area contributed by atoms with Crippen LogP contribution in [-0.2, 0) is 5.92 Å². The molecule has 0 aliphatic heterocycles. The van der Waals surface area contributed by atoms with Crippen molar-refractivity contribution in [2.24, 2.45) is 0 Å². The largest absolute Gasteiger partial charge is 0.487 e. The lowest BCUT2D eigenvalue weighted by Gasteiger charge is -2.17. The maximum atomic E-state index is 13.9. The predicted molar refractivity (Wildman–Crippen MR) is 74.4 cm³/mol. The van der Waals surface area contributed by atoms with Crippen molar-refractivity contribution in [2.45, 2.75) is 5.92 Å². The van der Waals surface area contributed by atoms with Crippen molar-refractivity contribution >= 4 is 21.6 Å². The van der Waals surface area contributed by atoms with Gasteiger partial charge in [0.15, 0.2) is 6.61 Å². The first-order valence-electron chi connectivity index (χ1n) is 5.59. The third kappa shape index (κ3) is 3.67. The maximum Gasteiger partial charge on any atom is 0.306 e. The summed E-state index contributed by atoms with van der Waals surface area (Å²) in [6, 6.07) is 12.3. The Hall–Kier alpha value is -1.62. The Bertz CT molecular complexity index is 540. The second-order valence-electron chi connectivity index (χ2n) is 4.08. The molecule has 0 radical (unpaired) electrons. The topological polar surface area (TPSA) is 35.2 Å². The molecule has 2 aromatic carbocycles. The van der Waals surface area contributed by atoms with E-state index in [9.17, 15) is 8.78 Å². The molecule has 100 valence electrons. The molecule has 0 heterocycles. The average Bonchev–Trinajstić information content (AvgIpc) is 2.37. The molecule has 0 aliphatic carbocycles. The maximum absolute atomic E-state index is 13.9. The lowest BCUT2D eigenvalue weighted by molar-refractivity contribution is -0.0467. The molecule has 0 aromatic heterocycles. The highest BCUT2D eigenvalue weighted by Crippen LogP contribution is 2.30. The Balaban J connectivity index is 2.09. The fraction of sp³-hybridized carbons (Fsp3) is 0.143. The summed E-state index contributed by atoms with van der Waals surface area (Å²) in [7, 11) is 0. The van der Waals surface area contributed by atoms with Gasteiger partial charge in [-0.25, -0.2) is 0 Å². The van der Waals surface area contributed by atoms with E-state index in [1.165, 1.54) is 18.2 Å². The van der Waals surface area contributed by atoms with Crippen LogP contribution >= 0.6 is 15.9 Å². The molecule has 0 spiro atoms. The van der Waals surface area contributed by atoms with Crippen LogP contribution in [0.1, 0.15) is 5.56 Å². The molecule has 2 rings (SSSR count). The summed E-state index contributed by atoms with van der Waals surface area (Å²) >= 11 is 3.23. The minimum absolute atomic E-state index is 0.0713. The zero-order chi connectivity index (χ0) is 13.9. The van der Waals surface area contributed by atoms with Crippen molar-refractivity contribution in [3.05, 3.63) is 58.6 Å². The molecule has 0 unspecified atom stereocenters. The monoisotopic (exact) mass is 327 g/mol. The second-order valence-corrected chi connectivity index (χ2v) is 5.00. The quantitative estimate of drug-likeness (QED) is 0.854. The first-order valence-corrected chi connectivity index (χ1v) is 6.39. The SMILES string of the molecule is Nc1cc(Br)cc(OCC(F)(F)c2ccccc2)c1. The van der Waals surface area contributed by atoms with E-state index in [2.05, 4.69) is 15.9 Å². The number of nitrogens with two attached hydrogens (primary N) is 1. The number of hydrogen-bond acceptors (Lipinski definition) is 2. The van der Waals surface area contributed by atoms with Crippen LogP contribution in [0.3, 0.4) is 0 Å². The fourth-order valence-electron chi connectivity index (χ4n) is 1.61. The molecule has 2 N–H and O–H groups in total. The number of rotatable bonds is 4. The average molecular weight is 328 g/mol. The first-order chi connectivity index (χ1) is 8.97. The van der Waals surface area contributed by atoms with Gasteiger partial charge in [0.25, 0.3) is 0 Å². The molecule has 0 fully saturated rings. The summed E-state index contributed by atoms with van der Waals surface area (Å²) in [6.07, 6.45) is 0. The van der Waals surface area contributed by atoms with E-state index in [-0.39, 0.29) is 5.56 Å². The number of nitrogen functional groups attached to an aromatic ring is 1. The molecule has 0 saturated heterocycles. The van der Waals surface area contributed by atoms with Gasteiger partial charge in [-0.1, -0.05) is 46.3 Å². The van der Waals surface area contributed by atoms with Gasteiger partial charge in [0.1, 0.15) is 5.75 Å². The highest BCUT2D eigenvalue weighted by molar-refractivity contribution is 9.10. The van der Waals surface area contributed by atoms with Gasteiger partial charge in [-0.05, 0) is 12.1 Å². The number of hydrogen-bond donors (Lipinski definition) is 1. The number of benzene rings is 2. The molecule has 19 heavy (non-hydrogen) atoms. The van der Waals surface area contributed by atoms with Crippen molar-refractivity contribution in [3.8, 4) is 5.75 Å². The zero-order valence-corrected chi connectivity index (χ0v) is 11.5. The van der Waals surface area contributed by atoms with Crippen LogP contribution in [0.15, 0.2) is 53.0 Å². The number of halogens is 3. The van der Waals surface area contributed by atoms with Crippen LogP contribution < -0.4 is 10.5 Å². The van der Waals surface area contributed by atoms with E-state index in [0.717, 1.165) is 0 Å². The van der Waals surface area contributed by atoms with E-state index in [4.69, 9.17) is 10.5 Å². The molecule has 0 atom stereocenters. The van der Waals surface area contributed by atoms with E-state index in [0.29, 0.717) is 15.9 Å². The van der Waals surface area contributed by atoms with Crippen LogP contribution in [-0.4, -0.2) is 6.61 Å². The molecule has 2 nitrogen and oxygen atoms in total. The fourth-order valence-corrected chi connectivity index (χ4v) is 2.10. The van der Waals surface area contributed by atoms with E-state index in [1.807, 2.05) is 0 Å². The summed E-state index contributed by atoms with van der Waals surface area (Å²) in [5.41, 5.74) is 5.99. The first kappa shape index (κ1) is 13.8. The van der Waals surface area contributed by atoms with E-state index < -0.39 is 12.5 Å². The van der Waals surface area contributed by atoms with Crippen LogP contribution in [0, 0.1) is 0 Å². The van der Waals surface area contributed by atoms with Gasteiger partial charge >= 0.3 is 5.92 Å². The summed E-state index contributed by atoms with van der Waals surface area (Å²) in [5, 5.41) is 0. The zero-order valence-electron chi connectivity index (χ0n) is 9.95. The Labute approximate surface area is 118 Å². The lowest BCUT2D eigenvalue weighted by atomic mass is 10.1. The molecular weight excluding hydrogens is 316 g/mol. The van der Waals surface area contributed by atoms with Gasteiger partial charge in [-0.3, -0.25) is 0 Å². The predicted octanol–water partition coefficient (Wildman–Crippen LogP) is 4.20. The third-order valence-electron chi connectivity index (χ3n) is 2.51. The van der Waals surface area contributed by atoms with Crippen molar-refractivity contribution in [2.75, 3.05) is 12.3 Å². The molecule has 0 amide bonds. The Morgan fingerprint density at radius 1 is 1.11 bits per heavy atom. The van der Waals surface area contributed by atoms with E-state index >= 15 is 0 Å². The molecule has 0 saturated carbocycles. The summed E-state index contributed by atoms with van der Waals surface area (Å²) in [5.74, 6) is -2.74. The van der Waals surface area contributed by atoms with Gasteiger partial charge in [0.05, 0.1) is 0 Å². The van der Waals surface area contributed by atoms with Gasteiger partial charge in [-0.2, -0.15) is 8.78 Å². The summed E-state index contributed by atoms with van der Waals surface area (Å²) in [6.45, 7) is -0.729. The van der Waals surface area contributed by atoms with Gasteiger partial charge in [-0.15, -0.1) is 0 Å².